The number of ketones is 1. The molecule has 38 heavy (non-hydrogen) atoms. The van der Waals surface area contributed by atoms with Crippen molar-refractivity contribution in [3.63, 3.8) is 0 Å². The highest BCUT2D eigenvalue weighted by molar-refractivity contribution is 6.45. The van der Waals surface area contributed by atoms with Gasteiger partial charge in [0.15, 0.2) is 5.41 Å². The number of barbiturate groups is 1. The molecule has 0 saturated carbocycles. The normalized spacial score (nSPS) is 18.4. The van der Waals surface area contributed by atoms with Crippen molar-refractivity contribution in [3.8, 4) is 0 Å². The van der Waals surface area contributed by atoms with Crippen LogP contribution in [0.25, 0.3) is 5.76 Å². The van der Waals surface area contributed by atoms with Crippen LogP contribution in [0, 0.1) is 0 Å². The number of hydrogen-bond donors (Lipinski definition) is 2. The minimum absolute atomic E-state index is 0.388. The highest BCUT2D eigenvalue weighted by Gasteiger charge is 2.53. The maximum absolute atomic E-state index is 12.6. The fourth-order valence-corrected chi connectivity index (χ4v) is 4.74. The summed E-state index contributed by atoms with van der Waals surface area (Å²) in [6.07, 6.45) is 9.00. The molecule has 3 aliphatic rings. The molecule has 2 aromatic carbocycles. The Labute approximate surface area is 219 Å². The second kappa shape index (κ2) is 11.0. The second-order valence-corrected chi connectivity index (χ2v) is 8.74. The fourth-order valence-electron chi connectivity index (χ4n) is 4.74. The van der Waals surface area contributed by atoms with E-state index in [9.17, 15) is 24.0 Å². The van der Waals surface area contributed by atoms with Crippen LogP contribution in [-0.4, -0.2) is 29.6 Å². The van der Waals surface area contributed by atoms with E-state index in [2.05, 4.69) is 17.2 Å². The lowest BCUT2D eigenvalue weighted by Crippen LogP contribution is -2.65. The number of fused-ring (bicyclic) bond motifs is 2. The predicted octanol–water partition coefficient (Wildman–Crippen LogP) is 3.84. The minimum Gasteiger partial charge on any atom is -0.419 e. The average Bonchev–Trinajstić information content (AvgIpc) is 3.08. The summed E-state index contributed by atoms with van der Waals surface area (Å²) in [7, 11) is 0. The zero-order chi connectivity index (χ0) is 27.3. The van der Waals surface area contributed by atoms with Crippen LogP contribution in [0.5, 0.6) is 0 Å². The summed E-state index contributed by atoms with van der Waals surface area (Å²) in [4.78, 5) is 59.4. The second-order valence-electron chi connectivity index (χ2n) is 8.74. The lowest BCUT2D eigenvalue weighted by Gasteiger charge is -2.35. The van der Waals surface area contributed by atoms with E-state index in [1.165, 1.54) is 6.08 Å². The number of ether oxygens (including phenoxy) is 1. The Morgan fingerprint density at radius 3 is 2.24 bits per heavy atom. The molecule has 1 fully saturated rings. The predicted molar refractivity (Wildman–Crippen MR) is 140 cm³/mol. The van der Waals surface area contributed by atoms with Gasteiger partial charge in [-0.15, -0.1) is 0 Å². The van der Waals surface area contributed by atoms with Gasteiger partial charge in [-0.3, -0.25) is 25.0 Å². The number of benzene rings is 2. The Balaban J connectivity index is 0.000000185. The van der Waals surface area contributed by atoms with Gasteiger partial charge in [0.2, 0.25) is 0 Å². The van der Waals surface area contributed by atoms with Crippen LogP contribution >= 0.6 is 0 Å². The Kier molecular flexibility index (Phi) is 7.62. The molecule has 2 aromatic rings. The van der Waals surface area contributed by atoms with Gasteiger partial charge in [0.25, 0.3) is 17.6 Å². The van der Waals surface area contributed by atoms with Crippen molar-refractivity contribution in [3.05, 3.63) is 113 Å². The van der Waals surface area contributed by atoms with Crippen LogP contribution in [0.2, 0.25) is 0 Å². The average molecular weight is 511 g/mol. The first-order valence-electron chi connectivity index (χ1n) is 12.1. The van der Waals surface area contributed by atoms with Crippen LogP contribution < -0.4 is 10.6 Å². The minimum atomic E-state index is -1.64. The quantitative estimate of drug-likeness (QED) is 0.279. The van der Waals surface area contributed by atoms with E-state index < -0.39 is 35.0 Å². The third-order valence-corrected chi connectivity index (χ3v) is 6.53. The van der Waals surface area contributed by atoms with E-state index in [1.54, 1.807) is 48.6 Å². The van der Waals surface area contributed by atoms with Crippen LogP contribution in [0.3, 0.4) is 0 Å². The number of imide groups is 2. The van der Waals surface area contributed by atoms with Crippen molar-refractivity contribution in [2.45, 2.75) is 31.6 Å². The number of Topliss-reactive ketones (excluding diaryl/α,β-unsaturated/α-hetero) is 1. The van der Waals surface area contributed by atoms with Crippen LogP contribution in [-0.2, 0) is 35.8 Å². The first kappa shape index (κ1) is 26.2. The van der Waals surface area contributed by atoms with Gasteiger partial charge >= 0.3 is 12.0 Å². The van der Waals surface area contributed by atoms with E-state index in [-0.39, 0.29) is 0 Å². The highest BCUT2D eigenvalue weighted by atomic mass is 16.5. The largest absolute Gasteiger partial charge is 0.419 e. The van der Waals surface area contributed by atoms with Crippen molar-refractivity contribution >= 4 is 35.4 Å². The monoisotopic (exact) mass is 510 g/mol. The number of aryl methyl sites for hydroxylation is 1. The topological polar surface area (TPSA) is 119 Å². The molecule has 1 saturated heterocycles. The summed E-state index contributed by atoms with van der Waals surface area (Å²) in [6.45, 7) is 5.52. The van der Waals surface area contributed by atoms with Gasteiger partial charge in [-0.2, -0.15) is 0 Å². The molecule has 0 spiro atoms. The third kappa shape index (κ3) is 4.64. The summed E-state index contributed by atoms with van der Waals surface area (Å²) >= 11 is 0. The molecule has 0 radical (unpaired) electrons. The summed E-state index contributed by atoms with van der Waals surface area (Å²) in [6, 6.07) is 15.5. The third-order valence-electron chi connectivity index (χ3n) is 6.53. The van der Waals surface area contributed by atoms with Gasteiger partial charge in [-0.25, -0.2) is 9.59 Å². The standard InChI is InChI=1S/C17H16N2O3.C13H10O3/c1-3-5-9-12(4-2)17(13-10-7-6-8-11-13)14(20)18-16(22)19-15(17)21;14-11-10-7-3-5-8-4-1-2-6-9(8)12(10)16-13(11)15/h3-11H,2H2,1H3,(H2,18,19,20,21,22);1-2,4,6H,3,5,7H2/b5-3-,12-9+;. The Morgan fingerprint density at radius 1 is 0.921 bits per heavy atom. The number of hydrogen-bond acceptors (Lipinski definition) is 6. The molecule has 192 valence electrons. The molecular formula is C30H26N2O6. The number of allylic oxidation sites excluding steroid dienone is 4. The molecule has 0 unspecified atom stereocenters. The maximum Gasteiger partial charge on any atom is 0.384 e. The maximum atomic E-state index is 12.6. The zero-order valence-corrected chi connectivity index (χ0v) is 20.8. The number of carbonyl (C=O) groups excluding carboxylic acids is 5. The Bertz CT molecular complexity index is 1410. The van der Waals surface area contributed by atoms with E-state index >= 15 is 0 Å². The van der Waals surface area contributed by atoms with Gasteiger partial charge in [-0.05, 0) is 42.9 Å². The van der Waals surface area contributed by atoms with Gasteiger partial charge in [-0.1, -0.05) is 85.5 Å². The number of urea groups is 1. The van der Waals surface area contributed by atoms with Gasteiger partial charge in [0, 0.05) is 5.56 Å². The number of nitrogens with one attached hydrogen (secondary N) is 2. The van der Waals surface area contributed by atoms with Crippen molar-refractivity contribution in [1.82, 2.24) is 10.6 Å². The molecule has 1 aliphatic carbocycles. The molecule has 2 aliphatic heterocycles. The first-order valence-corrected chi connectivity index (χ1v) is 12.1. The molecule has 0 bridgehead atoms. The number of rotatable bonds is 4. The fraction of sp³-hybridized carbons (Fsp3) is 0.167. The number of amides is 4. The lowest BCUT2D eigenvalue weighted by molar-refractivity contribution is -0.145. The smallest absolute Gasteiger partial charge is 0.384 e. The SMILES string of the molecule is C=C/C(=C\C=C/C)C1(c2ccccc2)C(=O)NC(=O)NC1=O.O=C1OC2=C(CCCc3ccccc32)C1=O. The lowest BCUT2D eigenvalue weighted by atomic mass is 9.71. The molecule has 8 nitrogen and oxygen atoms in total. The van der Waals surface area contributed by atoms with E-state index in [4.69, 9.17) is 4.74 Å². The molecule has 2 N–H and O–H groups in total. The highest BCUT2D eigenvalue weighted by Crippen LogP contribution is 2.36. The Morgan fingerprint density at radius 2 is 1.58 bits per heavy atom. The molecule has 8 heteroatoms. The zero-order valence-electron chi connectivity index (χ0n) is 20.8. The van der Waals surface area contributed by atoms with E-state index in [0.29, 0.717) is 28.9 Å². The first-order chi connectivity index (χ1) is 18.3. The van der Waals surface area contributed by atoms with Gasteiger partial charge < -0.3 is 4.74 Å². The van der Waals surface area contributed by atoms with Crippen molar-refractivity contribution in [2.24, 2.45) is 0 Å². The van der Waals surface area contributed by atoms with Crippen molar-refractivity contribution in [1.29, 1.82) is 0 Å². The summed E-state index contributed by atoms with van der Waals surface area (Å²) in [5, 5.41) is 4.34. The van der Waals surface area contributed by atoms with E-state index in [0.717, 1.165) is 24.0 Å². The summed E-state index contributed by atoms with van der Waals surface area (Å²) in [5.74, 6) is -2.09. The number of carbonyl (C=O) groups is 5. The van der Waals surface area contributed by atoms with Crippen molar-refractivity contribution in [2.75, 3.05) is 0 Å². The van der Waals surface area contributed by atoms with Crippen molar-refractivity contribution < 1.29 is 28.7 Å². The van der Waals surface area contributed by atoms with Gasteiger partial charge in [0.1, 0.15) is 5.76 Å². The van der Waals surface area contributed by atoms with Crippen LogP contribution in [0.15, 0.2) is 96.6 Å². The number of esters is 1. The molecular weight excluding hydrogens is 484 g/mol. The van der Waals surface area contributed by atoms with Crippen LogP contribution in [0.1, 0.15) is 36.5 Å². The molecule has 0 aromatic heterocycles. The van der Waals surface area contributed by atoms with Gasteiger partial charge in [0.05, 0.1) is 5.57 Å². The summed E-state index contributed by atoms with van der Waals surface area (Å²) < 4.78 is 5.08. The molecule has 2 heterocycles. The molecule has 0 atom stereocenters. The molecule has 5 rings (SSSR count). The van der Waals surface area contributed by atoms with E-state index in [1.807, 2.05) is 31.2 Å². The Hall–Kier alpha value is -4.85. The summed E-state index contributed by atoms with van der Waals surface area (Å²) in [5.41, 5.74) is 1.81. The molecule has 4 amide bonds. The van der Waals surface area contributed by atoms with Crippen LogP contribution in [0.4, 0.5) is 4.79 Å².